The number of hydrogen-bond acceptors (Lipinski definition) is 5. The van der Waals surface area contributed by atoms with Gasteiger partial charge in [0.1, 0.15) is 10.6 Å². The number of thiophene rings is 1. The molecule has 2 aliphatic heterocycles. The van der Waals surface area contributed by atoms with Crippen LogP contribution in [0.25, 0.3) is 6.08 Å². The van der Waals surface area contributed by atoms with Gasteiger partial charge in [0.15, 0.2) is 5.11 Å². The van der Waals surface area contributed by atoms with Gasteiger partial charge >= 0.3 is 0 Å². The number of carbonyl (C=O) groups excluding carboxylic acids is 2. The molecule has 0 saturated carbocycles. The van der Waals surface area contributed by atoms with Crippen LogP contribution in [0.3, 0.4) is 0 Å². The fourth-order valence-corrected chi connectivity index (χ4v) is 5.49. The first kappa shape index (κ1) is 20.6. The van der Waals surface area contributed by atoms with Gasteiger partial charge in [-0.25, -0.2) is 0 Å². The molecule has 0 radical (unpaired) electrons. The van der Waals surface area contributed by atoms with Gasteiger partial charge in [0.05, 0.1) is 11.4 Å². The second-order valence-electron chi connectivity index (χ2n) is 8.35. The van der Waals surface area contributed by atoms with Gasteiger partial charge in [-0.3, -0.25) is 19.8 Å². The summed E-state index contributed by atoms with van der Waals surface area (Å²) < 4.78 is 0. The van der Waals surface area contributed by atoms with Crippen LogP contribution >= 0.6 is 23.6 Å². The molecule has 1 aromatic heterocycles. The highest BCUT2D eigenvalue weighted by Gasteiger charge is 2.37. The third-order valence-electron chi connectivity index (χ3n) is 6.06. The van der Waals surface area contributed by atoms with Crippen LogP contribution in [0.15, 0.2) is 66.2 Å². The molecule has 160 valence electrons. The third kappa shape index (κ3) is 3.08. The first-order valence-electron chi connectivity index (χ1n) is 10.2. The van der Waals surface area contributed by atoms with Crippen molar-refractivity contribution in [1.29, 1.82) is 0 Å². The van der Waals surface area contributed by atoms with E-state index in [1.165, 1.54) is 27.4 Å². The van der Waals surface area contributed by atoms with Crippen LogP contribution in [-0.2, 0) is 15.0 Å². The molecule has 2 amide bonds. The van der Waals surface area contributed by atoms with Crippen molar-refractivity contribution in [2.24, 2.45) is 0 Å². The quantitative estimate of drug-likeness (QED) is 0.329. The highest BCUT2D eigenvalue weighted by atomic mass is 32.1. The van der Waals surface area contributed by atoms with Crippen LogP contribution in [0.5, 0.6) is 0 Å². The van der Waals surface area contributed by atoms with Crippen LogP contribution in [0.4, 0.5) is 16.4 Å². The first-order valence-corrected chi connectivity index (χ1v) is 11.5. The summed E-state index contributed by atoms with van der Waals surface area (Å²) in [5.74, 6) is -0.868. The molecule has 1 N–H and O–H groups in total. The number of nitrogens with one attached hydrogen (secondary N) is 1. The summed E-state index contributed by atoms with van der Waals surface area (Å²) in [5, 5.41) is 3.69. The average Bonchev–Trinajstić information content (AvgIpc) is 3.24. The minimum absolute atomic E-state index is 0.0788. The number of thiocarbonyl (C=S) groups is 1. The van der Waals surface area contributed by atoms with Crippen molar-refractivity contribution in [3.05, 3.63) is 82.2 Å². The summed E-state index contributed by atoms with van der Waals surface area (Å²) in [5.41, 5.74) is 4.73. The van der Waals surface area contributed by atoms with E-state index >= 15 is 0 Å². The van der Waals surface area contributed by atoms with Gasteiger partial charge in [0.2, 0.25) is 0 Å². The number of fused-ring (bicyclic) bond motifs is 2. The summed E-state index contributed by atoms with van der Waals surface area (Å²) >= 11 is 6.56. The Morgan fingerprint density at radius 3 is 2.16 bits per heavy atom. The fourth-order valence-electron chi connectivity index (χ4n) is 4.33. The number of likely N-dealkylation sites (N-methyl/N-ethyl adjacent to an activating group) is 1. The van der Waals surface area contributed by atoms with Crippen molar-refractivity contribution in [3.8, 4) is 0 Å². The highest BCUT2D eigenvalue weighted by molar-refractivity contribution is 7.80. The van der Waals surface area contributed by atoms with Crippen molar-refractivity contribution in [2.75, 3.05) is 11.9 Å². The molecule has 0 aliphatic carbocycles. The molecule has 0 bridgehead atoms. The molecule has 32 heavy (non-hydrogen) atoms. The molecule has 2 aliphatic rings. The smallest absolute Gasteiger partial charge is 0.265 e. The van der Waals surface area contributed by atoms with E-state index in [0.717, 1.165) is 21.3 Å². The molecular weight excluding hydrogens is 438 g/mol. The summed E-state index contributed by atoms with van der Waals surface area (Å²) in [6.07, 6.45) is 1.63. The maximum absolute atomic E-state index is 12.6. The Morgan fingerprint density at radius 2 is 1.53 bits per heavy atom. The predicted octanol–water partition coefficient (Wildman–Crippen LogP) is 5.11. The molecule has 3 aromatic rings. The lowest BCUT2D eigenvalue weighted by Gasteiger charge is -2.41. The van der Waals surface area contributed by atoms with Crippen LogP contribution in [0.1, 0.15) is 29.9 Å². The second kappa shape index (κ2) is 7.39. The van der Waals surface area contributed by atoms with Gasteiger partial charge in [-0.2, -0.15) is 0 Å². The minimum Gasteiger partial charge on any atom is -0.301 e. The molecule has 1 saturated heterocycles. The molecule has 1 fully saturated rings. The summed E-state index contributed by atoms with van der Waals surface area (Å²) in [6, 6.07) is 20.9. The van der Waals surface area contributed by atoms with E-state index in [1.807, 2.05) is 12.1 Å². The molecule has 2 aromatic carbocycles. The zero-order chi connectivity index (χ0) is 22.6. The zero-order valence-electron chi connectivity index (χ0n) is 17.9. The SMILES string of the molecule is CN1C(=O)/C(=C/c2ccc(N3c4ccccc4C(C)(C)c4ccccc43)s2)C(=O)NC1=S. The molecule has 3 heterocycles. The Kier molecular flexibility index (Phi) is 4.76. The van der Waals surface area contributed by atoms with Crippen molar-refractivity contribution in [2.45, 2.75) is 19.3 Å². The minimum atomic E-state index is -0.469. The number of anilines is 3. The van der Waals surface area contributed by atoms with Gasteiger partial charge in [-0.1, -0.05) is 50.2 Å². The van der Waals surface area contributed by atoms with Crippen LogP contribution in [0, 0.1) is 0 Å². The summed E-state index contributed by atoms with van der Waals surface area (Å²) in [4.78, 5) is 29.3. The van der Waals surface area contributed by atoms with Crippen LogP contribution in [-0.4, -0.2) is 28.9 Å². The molecule has 5 nitrogen and oxygen atoms in total. The van der Waals surface area contributed by atoms with E-state index in [0.29, 0.717) is 0 Å². The monoisotopic (exact) mass is 459 g/mol. The molecule has 5 rings (SSSR count). The van der Waals surface area contributed by atoms with Gasteiger partial charge in [0, 0.05) is 17.3 Å². The lowest BCUT2D eigenvalue weighted by molar-refractivity contribution is -0.128. The number of carbonyl (C=O) groups is 2. The van der Waals surface area contributed by atoms with Gasteiger partial charge in [-0.05, 0) is 53.7 Å². The van der Waals surface area contributed by atoms with E-state index in [-0.39, 0.29) is 16.1 Å². The van der Waals surface area contributed by atoms with E-state index in [4.69, 9.17) is 12.2 Å². The molecule has 7 heteroatoms. The van der Waals surface area contributed by atoms with Crippen LogP contribution in [0.2, 0.25) is 0 Å². The first-order chi connectivity index (χ1) is 15.3. The topological polar surface area (TPSA) is 52.7 Å². The zero-order valence-corrected chi connectivity index (χ0v) is 19.5. The van der Waals surface area contributed by atoms with E-state index in [9.17, 15) is 9.59 Å². The maximum Gasteiger partial charge on any atom is 0.265 e. The third-order valence-corrected chi connectivity index (χ3v) is 7.45. The molecule has 0 atom stereocenters. The molecule has 0 unspecified atom stereocenters. The number of rotatable bonds is 2. The standard InChI is InChI=1S/C25H21N3O2S2/c1-25(2)17-8-4-6-10-19(17)28(20-11-7-5-9-18(20)25)21-13-12-15(32-21)14-16-22(29)26-24(31)27(3)23(16)30/h4-14H,1-3H3,(H,26,29,31)/b16-14+. The Bertz CT molecular complexity index is 1270. The van der Waals surface area contributed by atoms with E-state index < -0.39 is 11.8 Å². The second-order valence-corrected chi connectivity index (χ2v) is 9.83. The fraction of sp³-hybridized carbons (Fsp3) is 0.160. The summed E-state index contributed by atoms with van der Waals surface area (Å²) in [7, 11) is 1.56. The van der Waals surface area contributed by atoms with Gasteiger partial charge < -0.3 is 4.90 Å². The lowest BCUT2D eigenvalue weighted by atomic mass is 9.74. The average molecular weight is 460 g/mol. The van der Waals surface area contributed by atoms with Crippen molar-refractivity contribution >= 4 is 62.9 Å². The number of amides is 2. The molecule has 0 spiro atoms. The highest BCUT2D eigenvalue weighted by Crippen LogP contribution is 2.52. The van der Waals surface area contributed by atoms with Gasteiger partial charge in [0.25, 0.3) is 11.8 Å². The van der Waals surface area contributed by atoms with Crippen molar-refractivity contribution in [3.63, 3.8) is 0 Å². The molecular formula is C25H21N3O2S2. The summed E-state index contributed by atoms with van der Waals surface area (Å²) in [6.45, 7) is 4.50. The largest absolute Gasteiger partial charge is 0.301 e. The Labute approximate surface area is 196 Å². The van der Waals surface area contributed by atoms with Crippen LogP contribution < -0.4 is 10.2 Å². The number of para-hydroxylation sites is 2. The van der Waals surface area contributed by atoms with E-state index in [2.05, 4.69) is 72.6 Å². The maximum atomic E-state index is 12.6. The van der Waals surface area contributed by atoms with E-state index in [1.54, 1.807) is 13.1 Å². The lowest BCUT2D eigenvalue weighted by Crippen LogP contribution is -2.52. The number of nitrogens with zero attached hydrogens (tertiary/aromatic N) is 2. The normalized spacial score (nSPS) is 18.5. The van der Waals surface area contributed by atoms with Crippen molar-refractivity contribution in [1.82, 2.24) is 10.2 Å². The van der Waals surface area contributed by atoms with Crippen molar-refractivity contribution < 1.29 is 9.59 Å². The number of hydrogen-bond donors (Lipinski definition) is 1. The Morgan fingerprint density at radius 1 is 0.938 bits per heavy atom. The Hall–Kier alpha value is -3.29. The number of benzene rings is 2. The van der Waals surface area contributed by atoms with Gasteiger partial charge in [-0.15, -0.1) is 11.3 Å². The predicted molar refractivity (Wildman–Crippen MR) is 133 cm³/mol. The Balaban J connectivity index is 1.60.